The van der Waals surface area contributed by atoms with E-state index in [1.54, 1.807) is 17.5 Å². The molecular weight excluding hydrogens is 312 g/mol. The summed E-state index contributed by atoms with van der Waals surface area (Å²) >= 11 is 1.57. The molecule has 0 atom stereocenters. The molecule has 0 fully saturated rings. The first kappa shape index (κ1) is 15.3. The summed E-state index contributed by atoms with van der Waals surface area (Å²) in [5.41, 5.74) is 1.84. The molecule has 0 unspecified atom stereocenters. The average Bonchev–Trinajstić information content (AvgIpc) is 3.21. The van der Waals surface area contributed by atoms with Gasteiger partial charge < -0.3 is 15.0 Å². The van der Waals surface area contributed by atoms with Gasteiger partial charge in [0.15, 0.2) is 6.61 Å². The minimum atomic E-state index is -0.416. The van der Waals surface area contributed by atoms with Crippen molar-refractivity contribution in [1.82, 2.24) is 10.3 Å². The Morgan fingerprint density at radius 1 is 1.17 bits per heavy atom. The van der Waals surface area contributed by atoms with Crippen LogP contribution in [0.5, 0.6) is 0 Å². The van der Waals surface area contributed by atoms with Gasteiger partial charge in [0.1, 0.15) is 0 Å². The lowest BCUT2D eigenvalue weighted by molar-refractivity contribution is -0.147. The highest BCUT2D eigenvalue weighted by Gasteiger charge is 2.11. The maximum atomic E-state index is 11.9. The summed E-state index contributed by atoms with van der Waals surface area (Å²) in [7, 11) is 0. The van der Waals surface area contributed by atoms with E-state index < -0.39 is 5.97 Å². The number of esters is 1. The molecule has 2 aromatic heterocycles. The van der Waals surface area contributed by atoms with Crippen LogP contribution in [0.4, 0.5) is 0 Å². The number of hydrogen-bond donors (Lipinski definition) is 2. The topological polar surface area (TPSA) is 71.2 Å². The van der Waals surface area contributed by atoms with Crippen molar-refractivity contribution >= 4 is 34.1 Å². The van der Waals surface area contributed by atoms with E-state index in [0.717, 1.165) is 21.3 Å². The van der Waals surface area contributed by atoms with Crippen molar-refractivity contribution < 1.29 is 14.3 Å². The number of ether oxygens (including phenoxy) is 1. The zero-order valence-electron chi connectivity index (χ0n) is 12.4. The molecule has 3 rings (SSSR count). The van der Waals surface area contributed by atoms with Crippen LogP contribution in [0.25, 0.3) is 10.9 Å². The number of hydrogen-bond acceptors (Lipinski definition) is 4. The van der Waals surface area contributed by atoms with Gasteiger partial charge in [-0.1, -0.05) is 24.3 Å². The van der Waals surface area contributed by atoms with Crippen molar-refractivity contribution in [3.05, 3.63) is 58.4 Å². The molecule has 0 aliphatic rings. The minimum Gasteiger partial charge on any atom is -0.455 e. The van der Waals surface area contributed by atoms with E-state index in [0.29, 0.717) is 6.54 Å². The predicted molar refractivity (Wildman–Crippen MR) is 89.1 cm³/mol. The SMILES string of the molecule is O=C(COC(=O)Cc1c[nH]c2ccccc12)NCc1cccs1. The second kappa shape index (κ2) is 7.11. The second-order valence-electron chi connectivity index (χ2n) is 5.05. The number of benzene rings is 1. The molecule has 0 radical (unpaired) electrons. The van der Waals surface area contributed by atoms with Crippen LogP contribution in [0.1, 0.15) is 10.4 Å². The molecule has 23 heavy (non-hydrogen) atoms. The first-order chi connectivity index (χ1) is 11.2. The van der Waals surface area contributed by atoms with Gasteiger partial charge in [-0.2, -0.15) is 0 Å². The molecule has 0 aliphatic heterocycles. The molecule has 6 heteroatoms. The van der Waals surface area contributed by atoms with Crippen LogP contribution in [0.15, 0.2) is 48.0 Å². The molecule has 1 aromatic carbocycles. The number of para-hydroxylation sites is 1. The zero-order valence-corrected chi connectivity index (χ0v) is 13.2. The smallest absolute Gasteiger partial charge is 0.310 e. The van der Waals surface area contributed by atoms with Gasteiger partial charge in [0.05, 0.1) is 13.0 Å². The number of amides is 1. The van der Waals surface area contributed by atoms with Crippen molar-refractivity contribution in [1.29, 1.82) is 0 Å². The Bertz CT molecular complexity index is 808. The van der Waals surface area contributed by atoms with Crippen LogP contribution in [-0.2, 0) is 27.3 Å². The fraction of sp³-hybridized carbons (Fsp3) is 0.176. The number of carbonyl (C=O) groups excluding carboxylic acids is 2. The summed E-state index contributed by atoms with van der Waals surface area (Å²) in [5.74, 6) is -0.716. The van der Waals surface area contributed by atoms with Crippen LogP contribution in [0.3, 0.4) is 0 Å². The Labute approximate surface area is 137 Å². The number of fused-ring (bicyclic) bond motifs is 1. The van der Waals surface area contributed by atoms with Gasteiger partial charge in [-0.05, 0) is 23.1 Å². The predicted octanol–water partition coefficient (Wildman–Crippen LogP) is 2.63. The van der Waals surface area contributed by atoms with E-state index in [9.17, 15) is 9.59 Å². The highest BCUT2D eigenvalue weighted by Crippen LogP contribution is 2.18. The maximum Gasteiger partial charge on any atom is 0.310 e. The van der Waals surface area contributed by atoms with Crippen molar-refractivity contribution in [2.45, 2.75) is 13.0 Å². The lowest BCUT2D eigenvalue weighted by Crippen LogP contribution is -2.28. The molecule has 0 saturated carbocycles. The number of rotatable bonds is 6. The van der Waals surface area contributed by atoms with E-state index in [1.807, 2.05) is 41.8 Å². The summed E-state index contributed by atoms with van der Waals surface area (Å²) < 4.78 is 5.03. The number of nitrogens with one attached hydrogen (secondary N) is 2. The lowest BCUT2D eigenvalue weighted by Gasteiger charge is -2.05. The van der Waals surface area contributed by atoms with Gasteiger partial charge in [-0.3, -0.25) is 9.59 Å². The lowest BCUT2D eigenvalue weighted by atomic mass is 10.1. The summed E-state index contributed by atoms with van der Waals surface area (Å²) in [6, 6.07) is 11.6. The van der Waals surface area contributed by atoms with E-state index in [4.69, 9.17) is 4.74 Å². The van der Waals surface area contributed by atoms with Gasteiger partial charge in [0, 0.05) is 22.0 Å². The quantitative estimate of drug-likeness (QED) is 0.683. The van der Waals surface area contributed by atoms with Crippen LogP contribution in [0, 0.1) is 0 Å². The average molecular weight is 328 g/mol. The third-order valence-corrected chi connectivity index (χ3v) is 4.29. The molecule has 118 valence electrons. The summed E-state index contributed by atoms with van der Waals surface area (Å²) in [5, 5.41) is 5.66. The van der Waals surface area contributed by atoms with E-state index in [1.165, 1.54) is 0 Å². The van der Waals surface area contributed by atoms with E-state index in [-0.39, 0.29) is 18.9 Å². The Kier molecular flexibility index (Phi) is 4.73. The summed E-state index contributed by atoms with van der Waals surface area (Å²) in [4.78, 5) is 27.7. The molecule has 1 amide bonds. The Morgan fingerprint density at radius 3 is 2.87 bits per heavy atom. The van der Waals surface area contributed by atoms with Gasteiger partial charge in [0.25, 0.3) is 5.91 Å². The second-order valence-corrected chi connectivity index (χ2v) is 6.09. The molecule has 0 saturated heterocycles. The normalized spacial score (nSPS) is 10.6. The van der Waals surface area contributed by atoms with Crippen molar-refractivity contribution in [2.24, 2.45) is 0 Å². The van der Waals surface area contributed by atoms with Gasteiger partial charge in [0.2, 0.25) is 0 Å². The maximum absolute atomic E-state index is 11.9. The largest absolute Gasteiger partial charge is 0.455 e. The highest BCUT2D eigenvalue weighted by atomic mass is 32.1. The fourth-order valence-electron chi connectivity index (χ4n) is 2.28. The molecule has 3 aromatic rings. The molecule has 0 bridgehead atoms. The van der Waals surface area contributed by atoms with Gasteiger partial charge >= 0.3 is 5.97 Å². The fourth-order valence-corrected chi connectivity index (χ4v) is 2.92. The Hall–Kier alpha value is -2.60. The first-order valence-corrected chi connectivity index (χ1v) is 8.10. The highest BCUT2D eigenvalue weighted by molar-refractivity contribution is 7.09. The minimum absolute atomic E-state index is 0.141. The van der Waals surface area contributed by atoms with Crippen LogP contribution in [0.2, 0.25) is 0 Å². The number of aromatic nitrogens is 1. The van der Waals surface area contributed by atoms with Crippen molar-refractivity contribution in [2.75, 3.05) is 6.61 Å². The first-order valence-electron chi connectivity index (χ1n) is 7.22. The molecule has 5 nitrogen and oxygen atoms in total. The van der Waals surface area contributed by atoms with Crippen LogP contribution >= 0.6 is 11.3 Å². The Morgan fingerprint density at radius 2 is 2.04 bits per heavy atom. The van der Waals surface area contributed by atoms with Gasteiger partial charge in [-0.15, -0.1) is 11.3 Å². The van der Waals surface area contributed by atoms with E-state index >= 15 is 0 Å². The third-order valence-electron chi connectivity index (χ3n) is 3.41. The molecule has 0 spiro atoms. The monoisotopic (exact) mass is 328 g/mol. The van der Waals surface area contributed by atoms with Crippen molar-refractivity contribution in [3.63, 3.8) is 0 Å². The van der Waals surface area contributed by atoms with Crippen molar-refractivity contribution in [3.8, 4) is 0 Å². The molecule has 2 heterocycles. The molecule has 2 N–H and O–H groups in total. The number of aromatic amines is 1. The van der Waals surface area contributed by atoms with Crippen LogP contribution < -0.4 is 5.32 Å². The van der Waals surface area contributed by atoms with Gasteiger partial charge in [-0.25, -0.2) is 0 Å². The summed E-state index contributed by atoms with van der Waals surface area (Å²) in [6.45, 7) is 0.197. The van der Waals surface area contributed by atoms with E-state index in [2.05, 4.69) is 10.3 Å². The molecule has 0 aliphatic carbocycles. The number of carbonyl (C=O) groups is 2. The summed E-state index contributed by atoms with van der Waals surface area (Å²) in [6.07, 6.45) is 1.94. The number of thiophene rings is 1. The zero-order chi connectivity index (χ0) is 16.1. The number of H-pyrrole nitrogens is 1. The van der Waals surface area contributed by atoms with Crippen LogP contribution in [-0.4, -0.2) is 23.5 Å². The standard InChI is InChI=1S/C17H16N2O3S/c20-16(19-10-13-4-3-7-23-13)11-22-17(21)8-12-9-18-15-6-2-1-5-14(12)15/h1-7,9,18H,8,10-11H2,(H,19,20). The third kappa shape index (κ3) is 3.98. The molecular formula is C17H16N2O3S. The Balaban J connectivity index is 1.47.